The molecule has 0 bridgehead atoms. The van der Waals surface area contributed by atoms with Crippen LogP contribution in [0, 0.1) is 0 Å². The van der Waals surface area contributed by atoms with Gasteiger partial charge in [0, 0.05) is 25.6 Å². The molecule has 0 aliphatic carbocycles. The molecule has 172 valence electrons. The van der Waals surface area contributed by atoms with Crippen LogP contribution in [0.5, 0.6) is 11.5 Å². The average molecular weight is 462 g/mol. The monoisotopic (exact) mass is 461 g/mol. The molecule has 2 aliphatic heterocycles. The zero-order valence-electron chi connectivity index (χ0n) is 17.9. The van der Waals surface area contributed by atoms with Crippen molar-refractivity contribution in [3.05, 3.63) is 42.5 Å². The minimum absolute atomic E-state index is 0.00937. The van der Waals surface area contributed by atoms with E-state index in [4.69, 9.17) is 14.2 Å². The first kappa shape index (κ1) is 22.4. The fourth-order valence-electron chi connectivity index (χ4n) is 3.57. The zero-order chi connectivity index (χ0) is 22.6. The number of nitrogens with zero attached hydrogens (tertiary/aromatic N) is 1. The minimum Gasteiger partial charge on any atom is -0.490 e. The maximum Gasteiger partial charge on any atom is 0.242 e. The number of para-hydroxylation sites is 2. The standard InChI is InChI=1S/C22H27N3O6S/c1-16(22(26)23-18-5-2-3-6-19(18)25-9-13-29-14-10-25)24-32(27,28)17-7-8-20-21(15-17)31-12-4-11-30-20/h2-3,5-8,15-16,24H,4,9-14H2,1H3,(H,23,26)/t16-/m1/s1. The highest BCUT2D eigenvalue weighted by molar-refractivity contribution is 7.89. The molecule has 2 aliphatic rings. The van der Waals surface area contributed by atoms with E-state index >= 15 is 0 Å². The second kappa shape index (κ2) is 9.76. The normalized spacial score (nSPS) is 17.3. The van der Waals surface area contributed by atoms with Crippen molar-refractivity contribution in [2.45, 2.75) is 24.3 Å². The van der Waals surface area contributed by atoms with Gasteiger partial charge in [-0.3, -0.25) is 4.79 Å². The van der Waals surface area contributed by atoms with Crippen molar-refractivity contribution >= 4 is 27.3 Å². The Morgan fingerprint density at radius 1 is 1.00 bits per heavy atom. The van der Waals surface area contributed by atoms with Gasteiger partial charge in [-0.1, -0.05) is 12.1 Å². The Kier molecular flexibility index (Phi) is 6.83. The third-order valence-electron chi connectivity index (χ3n) is 5.27. The summed E-state index contributed by atoms with van der Waals surface area (Å²) in [7, 11) is -3.95. The maximum absolute atomic E-state index is 12.9. The molecule has 0 saturated carbocycles. The number of carbonyl (C=O) groups is 1. The van der Waals surface area contributed by atoms with Crippen LogP contribution >= 0.6 is 0 Å². The lowest BCUT2D eigenvalue weighted by Gasteiger charge is -2.30. The lowest BCUT2D eigenvalue weighted by molar-refractivity contribution is -0.117. The summed E-state index contributed by atoms with van der Waals surface area (Å²) in [5.41, 5.74) is 1.50. The number of hydrogen-bond donors (Lipinski definition) is 2. The van der Waals surface area contributed by atoms with Gasteiger partial charge >= 0.3 is 0 Å². The Morgan fingerprint density at radius 3 is 2.50 bits per heavy atom. The number of hydrogen-bond acceptors (Lipinski definition) is 7. The summed E-state index contributed by atoms with van der Waals surface area (Å²) in [5, 5.41) is 2.85. The van der Waals surface area contributed by atoms with E-state index in [1.165, 1.54) is 19.1 Å². The third-order valence-corrected chi connectivity index (χ3v) is 6.81. The van der Waals surface area contributed by atoms with E-state index < -0.39 is 22.0 Å². The van der Waals surface area contributed by atoms with Crippen molar-refractivity contribution in [3.8, 4) is 11.5 Å². The quantitative estimate of drug-likeness (QED) is 0.678. The lowest BCUT2D eigenvalue weighted by Crippen LogP contribution is -2.42. The van der Waals surface area contributed by atoms with E-state index in [2.05, 4.69) is 14.9 Å². The van der Waals surface area contributed by atoms with Crippen molar-refractivity contribution in [2.75, 3.05) is 49.7 Å². The number of morpholine rings is 1. The molecule has 2 N–H and O–H groups in total. The van der Waals surface area contributed by atoms with Crippen molar-refractivity contribution in [1.82, 2.24) is 4.72 Å². The number of ether oxygens (including phenoxy) is 3. The molecule has 1 fully saturated rings. The molecule has 0 radical (unpaired) electrons. The van der Waals surface area contributed by atoms with Gasteiger partial charge < -0.3 is 24.4 Å². The molecule has 32 heavy (non-hydrogen) atoms. The van der Waals surface area contributed by atoms with Gasteiger partial charge in [-0.05, 0) is 31.2 Å². The predicted octanol–water partition coefficient (Wildman–Crippen LogP) is 1.99. The van der Waals surface area contributed by atoms with Crippen molar-refractivity contribution < 1.29 is 27.4 Å². The Labute approximate surface area is 187 Å². The molecule has 2 aromatic rings. The van der Waals surface area contributed by atoms with E-state index in [0.717, 1.165) is 25.2 Å². The second-order valence-corrected chi connectivity index (χ2v) is 9.32. The summed E-state index contributed by atoms with van der Waals surface area (Å²) in [6, 6.07) is 10.9. The SMILES string of the molecule is C[C@@H](NS(=O)(=O)c1ccc2c(c1)OCCCO2)C(=O)Nc1ccccc1N1CCOCC1. The van der Waals surface area contributed by atoms with Crippen LogP contribution in [0.2, 0.25) is 0 Å². The number of benzene rings is 2. The van der Waals surface area contributed by atoms with E-state index in [-0.39, 0.29) is 4.90 Å². The average Bonchev–Trinajstić information content (AvgIpc) is 3.04. The highest BCUT2D eigenvalue weighted by Crippen LogP contribution is 2.32. The van der Waals surface area contributed by atoms with Crippen LogP contribution in [-0.2, 0) is 19.6 Å². The molecule has 9 nitrogen and oxygen atoms in total. The molecule has 0 spiro atoms. The lowest BCUT2D eigenvalue weighted by atomic mass is 10.2. The first-order valence-electron chi connectivity index (χ1n) is 10.6. The van der Waals surface area contributed by atoms with Crippen LogP contribution in [0.1, 0.15) is 13.3 Å². The smallest absolute Gasteiger partial charge is 0.242 e. The first-order chi connectivity index (χ1) is 15.4. The molecule has 0 aromatic heterocycles. The zero-order valence-corrected chi connectivity index (χ0v) is 18.7. The Bertz CT molecular complexity index is 1070. The van der Waals surface area contributed by atoms with Crippen LogP contribution in [0.3, 0.4) is 0 Å². The summed E-state index contributed by atoms with van der Waals surface area (Å²) in [4.78, 5) is 14.9. The molecule has 1 atom stereocenters. The fraction of sp³-hybridized carbons (Fsp3) is 0.409. The summed E-state index contributed by atoms with van der Waals surface area (Å²) in [6.07, 6.45) is 0.720. The first-order valence-corrected chi connectivity index (χ1v) is 12.1. The van der Waals surface area contributed by atoms with Gasteiger partial charge in [0.15, 0.2) is 11.5 Å². The topological polar surface area (TPSA) is 106 Å². The summed E-state index contributed by atoms with van der Waals surface area (Å²) < 4.78 is 44.7. The van der Waals surface area contributed by atoms with Gasteiger partial charge in [0.2, 0.25) is 15.9 Å². The van der Waals surface area contributed by atoms with Gasteiger partial charge in [0.25, 0.3) is 0 Å². The van der Waals surface area contributed by atoms with Gasteiger partial charge in [0.05, 0.1) is 48.7 Å². The number of anilines is 2. The molecule has 2 aromatic carbocycles. The molecule has 2 heterocycles. The van der Waals surface area contributed by atoms with Gasteiger partial charge in [-0.2, -0.15) is 4.72 Å². The fourth-order valence-corrected chi connectivity index (χ4v) is 4.78. The molecule has 0 unspecified atom stereocenters. The number of fused-ring (bicyclic) bond motifs is 1. The number of rotatable bonds is 6. The Hall–Kier alpha value is -2.82. The molecule has 1 saturated heterocycles. The second-order valence-electron chi connectivity index (χ2n) is 7.61. The number of nitrogens with one attached hydrogen (secondary N) is 2. The van der Waals surface area contributed by atoms with Crippen LogP contribution in [0.25, 0.3) is 0 Å². The predicted molar refractivity (Wildman–Crippen MR) is 120 cm³/mol. The number of amides is 1. The summed E-state index contributed by atoms with van der Waals surface area (Å²) in [6.45, 7) is 5.15. The van der Waals surface area contributed by atoms with E-state index in [9.17, 15) is 13.2 Å². The van der Waals surface area contributed by atoms with Crippen LogP contribution < -0.4 is 24.4 Å². The van der Waals surface area contributed by atoms with Crippen molar-refractivity contribution in [2.24, 2.45) is 0 Å². The van der Waals surface area contributed by atoms with Crippen LogP contribution in [-0.4, -0.2) is 59.9 Å². The van der Waals surface area contributed by atoms with Crippen LogP contribution in [0.15, 0.2) is 47.4 Å². The van der Waals surface area contributed by atoms with Gasteiger partial charge in [-0.25, -0.2) is 8.42 Å². The molecule has 10 heteroatoms. The minimum atomic E-state index is -3.95. The number of sulfonamides is 1. The largest absolute Gasteiger partial charge is 0.490 e. The number of carbonyl (C=O) groups excluding carboxylic acids is 1. The van der Waals surface area contributed by atoms with E-state index in [1.807, 2.05) is 18.2 Å². The molecular formula is C22H27N3O6S. The molecular weight excluding hydrogens is 434 g/mol. The molecule has 4 rings (SSSR count). The van der Waals surface area contributed by atoms with Gasteiger partial charge in [-0.15, -0.1) is 0 Å². The van der Waals surface area contributed by atoms with Crippen molar-refractivity contribution in [1.29, 1.82) is 0 Å². The maximum atomic E-state index is 12.9. The van der Waals surface area contributed by atoms with Crippen LogP contribution in [0.4, 0.5) is 11.4 Å². The highest BCUT2D eigenvalue weighted by atomic mass is 32.2. The van der Waals surface area contributed by atoms with Gasteiger partial charge in [0.1, 0.15) is 0 Å². The Morgan fingerprint density at radius 2 is 1.72 bits per heavy atom. The Balaban J connectivity index is 1.45. The third kappa shape index (κ3) is 5.14. The van der Waals surface area contributed by atoms with E-state index in [1.54, 1.807) is 12.1 Å². The summed E-state index contributed by atoms with van der Waals surface area (Å²) >= 11 is 0. The molecule has 1 amide bonds. The van der Waals surface area contributed by atoms with Crippen molar-refractivity contribution in [3.63, 3.8) is 0 Å². The summed E-state index contributed by atoms with van der Waals surface area (Å²) in [5.74, 6) is 0.428. The van der Waals surface area contributed by atoms with E-state index in [0.29, 0.717) is 43.6 Å². The highest BCUT2D eigenvalue weighted by Gasteiger charge is 2.25.